The van der Waals surface area contributed by atoms with Crippen LogP contribution in [-0.2, 0) is 16.6 Å². The van der Waals surface area contributed by atoms with Gasteiger partial charge in [-0.05, 0) is 24.0 Å². The third-order valence-electron chi connectivity index (χ3n) is 2.92. The molecule has 1 heterocycles. The van der Waals surface area contributed by atoms with E-state index in [1.807, 2.05) is 24.3 Å². The van der Waals surface area contributed by atoms with Crippen molar-refractivity contribution in [3.63, 3.8) is 0 Å². The SMILES string of the molecule is CCNS(=O)(=O)N1CC(C)Cc2ccccc21. The van der Waals surface area contributed by atoms with E-state index in [4.69, 9.17) is 0 Å². The van der Waals surface area contributed by atoms with E-state index >= 15 is 0 Å². The van der Waals surface area contributed by atoms with Crippen molar-refractivity contribution in [2.45, 2.75) is 20.3 Å². The van der Waals surface area contributed by atoms with Crippen LogP contribution in [0.5, 0.6) is 0 Å². The van der Waals surface area contributed by atoms with Crippen molar-refractivity contribution in [2.24, 2.45) is 5.92 Å². The second kappa shape index (κ2) is 4.66. The minimum absolute atomic E-state index is 0.346. The largest absolute Gasteiger partial charge is 0.301 e. The van der Waals surface area contributed by atoms with Crippen LogP contribution in [0.4, 0.5) is 5.69 Å². The number of anilines is 1. The number of hydrogen-bond donors (Lipinski definition) is 1. The van der Waals surface area contributed by atoms with Crippen LogP contribution in [0.3, 0.4) is 0 Å². The molecule has 0 aliphatic carbocycles. The summed E-state index contributed by atoms with van der Waals surface area (Å²) < 4.78 is 28.3. The molecule has 1 aromatic rings. The van der Waals surface area contributed by atoms with Crippen molar-refractivity contribution in [1.82, 2.24) is 4.72 Å². The fraction of sp³-hybridized carbons (Fsp3) is 0.500. The third kappa shape index (κ3) is 2.45. The molecule has 17 heavy (non-hydrogen) atoms. The quantitative estimate of drug-likeness (QED) is 0.889. The minimum Gasteiger partial charge on any atom is -0.257 e. The highest BCUT2D eigenvalue weighted by molar-refractivity contribution is 7.90. The van der Waals surface area contributed by atoms with Gasteiger partial charge in [-0.1, -0.05) is 32.0 Å². The molecule has 1 atom stereocenters. The van der Waals surface area contributed by atoms with Gasteiger partial charge in [0.2, 0.25) is 0 Å². The normalized spacial score (nSPS) is 20.1. The first-order valence-corrected chi connectivity index (χ1v) is 7.34. The maximum Gasteiger partial charge on any atom is 0.301 e. The first-order chi connectivity index (χ1) is 8.04. The van der Waals surface area contributed by atoms with E-state index in [0.717, 1.165) is 17.7 Å². The standard InChI is InChI=1S/C12H18N2O2S/c1-3-13-17(15,16)14-9-10(2)8-11-6-4-5-7-12(11)14/h4-7,10,13H,3,8-9H2,1-2H3. The summed E-state index contributed by atoms with van der Waals surface area (Å²) in [6.45, 7) is 4.82. The highest BCUT2D eigenvalue weighted by Crippen LogP contribution is 2.30. The van der Waals surface area contributed by atoms with Crippen LogP contribution < -0.4 is 9.03 Å². The molecule has 0 amide bonds. The van der Waals surface area contributed by atoms with Gasteiger partial charge in [-0.25, -0.2) is 0 Å². The molecule has 1 aliphatic heterocycles. The Bertz CT molecular complexity index is 499. The topological polar surface area (TPSA) is 49.4 Å². The number of nitrogens with zero attached hydrogens (tertiary/aromatic N) is 1. The fourth-order valence-electron chi connectivity index (χ4n) is 2.24. The van der Waals surface area contributed by atoms with Crippen LogP contribution in [0.1, 0.15) is 19.4 Å². The summed E-state index contributed by atoms with van der Waals surface area (Å²) in [7, 11) is -3.40. The summed E-state index contributed by atoms with van der Waals surface area (Å²) in [5.41, 5.74) is 1.92. The lowest BCUT2D eigenvalue weighted by Crippen LogP contribution is -2.45. The Kier molecular flexibility index (Phi) is 3.40. The summed E-state index contributed by atoms with van der Waals surface area (Å²) in [5, 5.41) is 0. The summed E-state index contributed by atoms with van der Waals surface area (Å²) >= 11 is 0. The predicted molar refractivity (Wildman–Crippen MR) is 69.3 cm³/mol. The monoisotopic (exact) mass is 254 g/mol. The molecule has 0 aromatic heterocycles. The summed E-state index contributed by atoms with van der Waals surface area (Å²) in [5.74, 6) is 0.346. The van der Waals surface area contributed by atoms with Crippen molar-refractivity contribution >= 4 is 15.9 Å². The van der Waals surface area contributed by atoms with Gasteiger partial charge in [0, 0.05) is 13.1 Å². The van der Waals surface area contributed by atoms with E-state index in [-0.39, 0.29) is 0 Å². The average molecular weight is 254 g/mol. The zero-order valence-electron chi connectivity index (χ0n) is 10.2. The summed E-state index contributed by atoms with van der Waals surface area (Å²) in [6.07, 6.45) is 0.939. The van der Waals surface area contributed by atoms with Crippen LogP contribution in [0.15, 0.2) is 24.3 Å². The van der Waals surface area contributed by atoms with Crippen LogP contribution >= 0.6 is 0 Å². The van der Waals surface area contributed by atoms with Crippen molar-refractivity contribution in [1.29, 1.82) is 0 Å². The van der Waals surface area contributed by atoms with E-state index in [1.54, 1.807) is 6.92 Å². The molecule has 1 aromatic carbocycles. The lowest BCUT2D eigenvalue weighted by molar-refractivity contribution is 0.538. The molecule has 2 rings (SSSR count). The van der Waals surface area contributed by atoms with E-state index in [0.29, 0.717) is 19.0 Å². The number of para-hydroxylation sites is 1. The van der Waals surface area contributed by atoms with Gasteiger partial charge >= 0.3 is 10.2 Å². The maximum atomic E-state index is 12.1. The molecule has 94 valence electrons. The molecule has 0 saturated heterocycles. The molecular formula is C12H18N2O2S. The molecule has 4 nitrogen and oxygen atoms in total. The molecule has 0 bridgehead atoms. The van der Waals surface area contributed by atoms with Crippen LogP contribution in [0.2, 0.25) is 0 Å². The van der Waals surface area contributed by atoms with Crippen molar-refractivity contribution < 1.29 is 8.42 Å². The Morgan fingerprint density at radius 1 is 1.41 bits per heavy atom. The van der Waals surface area contributed by atoms with Gasteiger partial charge < -0.3 is 0 Å². The van der Waals surface area contributed by atoms with Gasteiger partial charge in [0.25, 0.3) is 0 Å². The Labute approximate surface area is 103 Å². The van der Waals surface area contributed by atoms with E-state index in [9.17, 15) is 8.42 Å². The van der Waals surface area contributed by atoms with Crippen LogP contribution in [0.25, 0.3) is 0 Å². The Hall–Kier alpha value is -1.07. The van der Waals surface area contributed by atoms with Crippen molar-refractivity contribution in [3.05, 3.63) is 29.8 Å². The highest BCUT2D eigenvalue weighted by Gasteiger charge is 2.29. The van der Waals surface area contributed by atoms with Gasteiger partial charge in [0.1, 0.15) is 0 Å². The lowest BCUT2D eigenvalue weighted by atomic mass is 9.96. The second-order valence-corrected chi connectivity index (χ2v) is 6.15. The molecule has 0 saturated carbocycles. The Balaban J connectivity index is 2.43. The van der Waals surface area contributed by atoms with E-state index in [2.05, 4.69) is 11.6 Å². The third-order valence-corrected chi connectivity index (χ3v) is 4.50. The van der Waals surface area contributed by atoms with E-state index < -0.39 is 10.2 Å². The molecule has 0 spiro atoms. The number of hydrogen-bond acceptors (Lipinski definition) is 2. The molecule has 0 fully saturated rings. The minimum atomic E-state index is -3.40. The fourth-order valence-corrected chi connectivity index (χ4v) is 3.64. The smallest absolute Gasteiger partial charge is 0.257 e. The predicted octanol–water partition coefficient (Wildman–Crippen LogP) is 1.54. The van der Waals surface area contributed by atoms with Gasteiger partial charge in [0.15, 0.2) is 0 Å². The van der Waals surface area contributed by atoms with Gasteiger partial charge in [-0.15, -0.1) is 0 Å². The first-order valence-electron chi connectivity index (χ1n) is 5.90. The average Bonchev–Trinajstić information content (AvgIpc) is 2.27. The van der Waals surface area contributed by atoms with Crippen molar-refractivity contribution in [3.8, 4) is 0 Å². The Morgan fingerprint density at radius 2 is 2.12 bits per heavy atom. The number of fused-ring (bicyclic) bond motifs is 1. The van der Waals surface area contributed by atoms with Gasteiger partial charge in [0.05, 0.1) is 5.69 Å². The maximum absolute atomic E-state index is 12.1. The molecule has 1 aliphatic rings. The molecule has 1 unspecified atom stereocenters. The molecular weight excluding hydrogens is 236 g/mol. The van der Waals surface area contributed by atoms with Crippen LogP contribution in [-0.4, -0.2) is 21.5 Å². The first kappa shape index (κ1) is 12.4. The molecule has 5 heteroatoms. The summed E-state index contributed by atoms with van der Waals surface area (Å²) in [6, 6.07) is 7.70. The van der Waals surface area contributed by atoms with Gasteiger partial charge in [-0.2, -0.15) is 13.1 Å². The lowest BCUT2D eigenvalue weighted by Gasteiger charge is -2.33. The molecule has 0 radical (unpaired) electrons. The van der Waals surface area contributed by atoms with Crippen LogP contribution in [0, 0.1) is 5.92 Å². The number of rotatable bonds is 3. The molecule has 1 N–H and O–H groups in total. The van der Waals surface area contributed by atoms with Crippen molar-refractivity contribution in [2.75, 3.05) is 17.4 Å². The highest BCUT2D eigenvalue weighted by atomic mass is 32.2. The Morgan fingerprint density at radius 3 is 2.82 bits per heavy atom. The number of benzene rings is 1. The zero-order valence-corrected chi connectivity index (χ0v) is 11.0. The van der Waals surface area contributed by atoms with E-state index in [1.165, 1.54) is 4.31 Å². The zero-order chi connectivity index (χ0) is 12.5. The van der Waals surface area contributed by atoms with Gasteiger partial charge in [-0.3, -0.25) is 4.31 Å². The second-order valence-electron chi connectivity index (χ2n) is 4.47. The number of nitrogens with one attached hydrogen (secondary N) is 1. The summed E-state index contributed by atoms with van der Waals surface area (Å²) in [4.78, 5) is 0.